The second-order valence-electron chi connectivity index (χ2n) is 5.75. The fourth-order valence-electron chi connectivity index (χ4n) is 2.46. The highest BCUT2D eigenvalue weighted by Crippen LogP contribution is 2.24. The summed E-state index contributed by atoms with van der Waals surface area (Å²) in [6.45, 7) is 5.14. The highest BCUT2D eigenvalue weighted by molar-refractivity contribution is 5.81. The zero-order valence-electron chi connectivity index (χ0n) is 11.8. The molecule has 1 heterocycles. The van der Waals surface area contributed by atoms with Crippen molar-refractivity contribution in [3.05, 3.63) is 29.8 Å². The van der Waals surface area contributed by atoms with Crippen molar-refractivity contribution in [2.45, 2.75) is 25.8 Å². The number of nitrogens with one attached hydrogen (secondary N) is 2. The van der Waals surface area contributed by atoms with E-state index < -0.39 is 0 Å². The number of fused-ring (bicyclic) bond motifs is 1. The number of anilines is 1. The Hall–Kier alpha value is -1.55. The lowest BCUT2D eigenvalue weighted by atomic mass is 9.92. The van der Waals surface area contributed by atoms with Gasteiger partial charge in [-0.1, -0.05) is 18.2 Å². The summed E-state index contributed by atoms with van der Waals surface area (Å²) in [4.78, 5) is 12.3. The van der Waals surface area contributed by atoms with Crippen LogP contribution in [0.1, 0.15) is 19.4 Å². The van der Waals surface area contributed by atoms with E-state index in [0.717, 1.165) is 12.1 Å². The van der Waals surface area contributed by atoms with E-state index in [2.05, 4.69) is 22.8 Å². The van der Waals surface area contributed by atoms with Crippen LogP contribution in [-0.2, 0) is 16.0 Å². The molecule has 0 aromatic heterocycles. The van der Waals surface area contributed by atoms with Gasteiger partial charge in [0, 0.05) is 19.3 Å². The number of rotatable bonds is 4. The molecule has 4 nitrogen and oxygen atoms in total. The van der Waals surface area contributed by atoms with Crippen molar-refractivity contribution < 1.29 is 9.53 Å². The van der Waals surface area contributed by atoms with E-state index in [1.807, 2.05) is 26.0 Å². The first-order valence-electron chi connectivity index (χ1n) is 6.64. The van der Waals surface area contributed by atoms with Gasteiger partial charge in [-0.3, -0.25) is 4.79 Å². The number of methoxy groups -OCH3 is 1. The third-order valence-corrected chi connectivity index (χ3v) is 3.36. The Morgan fingerprint density at radius 2 is 2.21 bits per heavy atom. The molecule has 0 aliphatic carbocycles. The molecule has 4 heteroatoms. The average molecular weight is 262 g/mol. The summed E-state index contributed by atoms with van der Waals surface area (Å²) in [5.41, 5.74) is 2.02. The number of benzene rings is 1. The maximum atomic E-state index is 12.3. The maximum absolute atomic E-state index is 12.3. The number of carbonyl (C=O) groups is 1. The van der Waals surface area contributed by atoms with Gasteiger partial charge in [-0.15, -0.1) is 0 Å². The predicted octanol–water partition coefficient (Wildman–Crippen LogP) is 1.81. The Morgan fingerprint density at radius 3 is 2.95 bits per heavy atom. The lowest BCUT2D eigenvalue weighted by Crippen LogP contribution is -2.50. The van der Waals surface area contributed by atoms with E-state index in [-0.39, 0.29) is 17.4 Å². The lowest BCUT2D eigenvalue weighted by Gasteiger charge is -2.30. The second-order valence-corrected chi connectivity index (χ2v) is 5.75. The Labute approximate surface area is 114 Å². The minimum Gasteiger partial charge on any atom is -0.384 e. The highest BCUT2D eigenvalue weighted by Gasteiger charge is 2.28. The molecule has 1 atom stereocenters. The molecule has 2 rings (SSSR count). The van der Waals surface area contributed by atoms with Crippen molar-refractivity contribution in [1.29, 1.82) is 0 Å². The van der Waals surface area contributed by atoms with Gasteiger partial charge in [0.2, 0.25) is 5.91 Å². The molecular weight excluding hydrogens is 240 g/mol. The van der Waals surface area contributed by atoms with Gasteiger partial charge in [-0.2, -0.15) is 0 Å². The van der Waals surface area contributed by atoms with Crippen LogP contribution in [0.2, 0.25) is 0 Å². The number of ether oxygens (including phenoxy) is 1. The van der Waals surface area contributed by atoms with Crippen LogP contribution in [-0.4, -0.2) is 31.7 Å². The molecule has 19 heavy (non-hydrogen) atoms. The predicted molar refractivity (Wildman–Crippen MR) is 76.2 cm³/mol. The molecule has 1 amide bonds. The largest absolute Gasteiger partial charge is 0.384 e. The van der Waals surface area contributed by atoms with Gasteiger partial charge >= 0.3 is 0 Å². The highest BCUT2D eigenvalue weighted by atomic mass is 16.5. The van der Waals surface area contributed by atoms with Crippen LogP contribution in [0.5, 0.6) is 0 Å². The molecule has 0 fully saturated rings. The molecular formula is C15H22N2O2. The zero-order chi connectivity index (χ0) is 13.9. The van der Waals surface area contributed by atoms with Crippen LogP contribution in [0.4, 0.5) is 5.69 Å². The Balaban J connectivity index is 1.99. The summed E-state index contributed by atoms with van der Waals surface area (Å²) in [5.74, 6) is 0.0649. The normalized spacial score (nSPS) is 18.4. The van der Waals surface area contributed by atoms with Crippen LogP contribution in [0, 0.1) is 5.92 Å². The smallest absolute Gasteiger partial charge is 0.225 e. The van der Waals surface area contributed by atoms with Crippen LogP contribution in [0.3, 0.4) is 0 Å². The first kappa shape index (κ1) is 13.9. The first-order chi connectivity index (χ1) is 9.02. The van der Waals surface area contributed by atoms with Gasteiger partial charge in [0.1, 0.15) is 0 Å². The number of para-hydroxylation sites is 1. The molecule has 1 aliphatic rings. The van der Waals surface area contributed by atoms with Crippen molar-refractivity contribution in [1.82, 2.24) is 5.32 Å². The minimum atomic E-state index is -0.331. The van der Waals surface area contributed by atoms with Gasteiger partial charge in [-0.05, 0) is 31.9 Å². The molecule has 0 bridgehead atoms. The van der Waals surface area contributed by atoms with Gasteiger partial charge in [0.15, 0.2) is 0 Å². The Kier molecular flexibility index (Phi) is 4.10. The number of carbonyl (C=O) groups excluding carboxylic acids is 1. The fraction of sp³-hybridized carbons (Fsp3) is 0.533. The van der Waals surface area contributed by atoms with Crippen molar-refractivity contribution in [3.63, 3.8) is 0 Å². The zero-order valence-corrected chi connectivity index (χ0v) is 11.8. The summed E-state index contributed by atoms with van der Waals surface area (Å²) >= 11 is 0. The summed E-state index contributed by atoms with van der Waals surface area (Å²) in [7, 11) is 1.65. The van der Waals surface area contributed by atoms with Gasteiger partial charge < -0.3 is 15.4 Å². The average Bonchev–Trinajstić information content (AvgIpc) is 2.37. The quantitative estimate of drug-likeness (QED) is 0.870. The van der Waals surface area contributed by atoms with Gasteiger partial charge in [0.25, 0.3) is 0 Å². The van der Waals surface area contributed by atoms with Crippen LogP contribution in [0.25, 0.3) is 0 Å². The molecule has 1 aromatic rings. The van der Waals surface area contributed by atoms with Crippen molar-refractivity contribution >= 4 is 11.6 Å². The standard InChI is InChI=1S/C15H22N2O2/c1-15(2,10-19-3)17-14(18)12-8-11-6-4-5-7-13(11)16-9-12/h4-7,12,16H,8-10H2,1-3H3,(H,17,18). The summed E-state index contributed by atoms with van der Waals surface area (Å²) in [6.07, 6.45) is 0.790. The fourth-order valence-corrected chi connectivity index (χ4v) is 2.46. The van der Waals surface area contributed by atoms with Gasteiger partial charge in [-0.25, -0.2) is 0 Å². The maximum Gasteiger partial charge on any atom is 0.225 e. The van der Waals surface area contributed by atoms with E-state index in [1.54, 1.807) is 7.11 Å². The molecule has 2 N–H and O–H groups in total. The third kappa shape index (κ3) is 3.47. The van der Waals surface area contributed by atoms with E-state index in [4.69, 9.17) is 4.74 Å². The molecule has 1 unspecified atom stereocenters. The summed E-state index contributed by atoms with van der Waals surface area (Å²) < 4.78 is 5.12. The van der Waals surface area contributed by atoms with Crippen molar-refractivity contribution in [2.24, 2.45) is 5.92 Å². The van der Waals surface area contributed by atoms with Crippen molar-refractivity contribution in [2.75, 3.05) is 25.6 Å². The lowest BCUT2D eigenvalue weighted by molar-refractivity contribution is -0.126. The molecule has 0 saturated carbocycles. The molecule has 1 aliphatic heterocycles. The third-order valence-electron chi connectivity index (χ3n) is 3.36. The molecule has 104 valence electrons. The van der Waals surface area contributed by atoms with E-state index >= 15 is 0 Å². The second kappa shape index (κ2) is 5.61. The van der Waals surface area contributed by atoms with Crippen LogP contribution < -0.4 is 10.6 Å². The topological polar surface area (TPSA) is 50.4 Å². The molecule has 0 saturated heterocycles. The Morgan fingerprint density at radius 1 is 1.47 bits per heavy atom. The SMILES string of the molecule is COCC(C)(C)NC(=O)C1CNc2ccccc2C1. The van der Waals surface area contributed by atoms with E-state index in [1.165, 1.54) is 5.56 Å². The van der Waals surface area contributed by atoms with Crippen LogP contribution in [0.15, 0.2) is 24.3 Å². The number of amides is 1. The molecule has 0 radical (unpaired) electrons. The van der Waals surface area contributed by atoms with E-state index in [0.29, 0.717) is 13.2 Å². The van der Waals surface area contributed by atoms with Crippen LogP contribution >= 0.6 is 0 Å². The molecule has 1 aromatic carbocycles. The summed E-state index contributed by atoms with van der Waals surface area (Å²) in [5, 5.41) is 6.37. The first-order valence-corrected chi connectivity index (χ1v) is 6.64. The summed E-state index contributed by atoms with van der Waals surface area (Å²) in [6, 6.07) is 8.14. The monoisotopic (exact) mass is 262 g/mol. The minimum absolute atomic E-state index is 0.0222. The van der Waals surface area contributed by atoms with E-state index in [9.17, 15) is 4.79 Å². The number of hydrogen-bond donors (Lipinski definition) is 2. The molecule has 0 spiro atoms. The van der Waals surface area contributed by atoms with Gasteiger partial charge in [0.05, 0.1) is 18.1 Å². The number of hydrogen-bond acceptors (Lipinski definition) is 3. The Bertz CT molecular complexity index is 457. The van der Waals surface area contributed by atoms with Crippen molar-refractivity contribution in [3.8, 4) is 0 Å².